The molecular formula is C11H9BrN2O. The molecule has 2 rings (SSSR count). The lowest BCUT2D eigenvalue weighted by molar-refractivity contribution is 0.477. The SMILES string of the molecule is Cc1ccc(Oc2cncc(Br)c2)cn1. The number of hydrogen-bond acceptors (Lipinski definition) is 3. The Kier molecular flexibility index (Phi) is 2.97. The second-order valence-corrected chi connectivity index (χ2v) is 3.99. The fraction of sp³-hybridized carbons (Fsp3) is 0.0909. The summed E-state index contributed by atoms with van der Waals surface area (Å²) in [7, 11) is 0. The lowest BCUT2D eigenvalue weighted by Crippen LogP contribution is -1.87. The summed E-state index contributed by atoms with van der Waals surface area (Å²) >= 11 is 3.33. The Morgan fingerprint density at radius 1 is 1.13 bits per heavy atom. The standard InChI is InChI=1S/C11H9BrN2O/c1-8-2-3-10(7-14-8)15-11-4-9(12)5-13-6-11/h2-7H,1H3. The summed E-state index contributed by atoms with van der Waals surface area (Å²) in [6.07, 6.45) is 5.06. The maximum Gasteiger partial charge on any atom is 0.146 e. The molecule has 0 radical (unpaired) electrons. The van der Waals surface area contributed by atoms with E-state index in [1.54, 1.807) is 18.6 Å². The van der Waals surface area contributed by atoms with Crippen LogP contribution in [0, 0.1) is 6.92 Å². The second kappa shape index (κ2) is 4.40. The highest BCUT2D eigenvalue weighted by atomic mass is 79.9. The predicted octanol–water partition coefficient (Wildman–Crippen LogP) is 3.34. The van der Waals surface area contributed by atoms with Crippen LogP contribution in [0.25, 0.3) is 0 Å². The minimum atomic E-state index is 0.690. The Morgan fingerprint density at radius 3 is 2.67 bits per heavy atom. The Labute approximate surface area is 96.3 Å². The third-order valence-corrected chi connectivity index (χ3v) is 2.23. The number of hydrogen-bond donors (Lipinski definition) is 0. The summed E-state index contributed by atoms with van der Waals surface area (Å²) in [4.78, 5) is 8.15. The van der Waals surface area contributed by atoms with Crippen LogP contribution >= 0.6 is 15.9 Å². The minimum absolute atomic E-state index is 0.690. The van der Waals surface area contributed by atoms with Crippen LogP contribution in [-0.4, -0.2) is 9.97 Å². The Morgan fingerprint density at radius 2 is 2.00 bits per heavy atom. The predicted molar refractivity (Wildman–Crippen MR) is 61.0 cm³/mol. The molecule has 0 bridgehead atoms. The van der Waals surface area contributed by atoms with E-state index in [0.717, 1.165) is 10.2 Å². The monoisotopic (exact) mass is 264 g/mol. The molecule has 0 amide bonds. The van der Waals surface area contributed by atoms with E-state index in [1.165, 1.54) is 0 Å². The van der Waals surface area contributed by atoms with Crippen molar-refractivity contribution in [2.45, 2.75) is 6.92 Å². The third kappa shape index (κ3) is 2.76. The van der Waals surface area contributed by atoms with Crippen LogP contribution in [0.4, 0.5) is 0 Å². The van der Waals surface area contributed by atoms with Crippen molar-refractivity contribution in [1.29, 1.82) is 0 Å². The number of aryl methyl sites for hydroxylation is 1. The molecule has 15 heavy (non-hydrogen) atoms. The van der Waals surface area contributed by atoms with Crippen molar-refractivity contribution in [2.75, 3.05) is 0 Å². The zero-order chi connectivity index (χ0) is 10.7. The summed E-state index contributed by atoms with van der Waals surface area (Å²) in [5.41, 5.74) is 0.967. The van der Waals surface area contributed by atoms with Gasteiger partial charge in [-0.2, -0.15) is 0 Å². The fourth-order valence-corrected chi connectivity index (χ4v) is 1.44. The second-order valence-electron chi connectivity index (χ2n) is 3.08. The molecule has 0 atom stereocenters. The van der Waals surface area contributed by atoms with Gasteiger partial charge in [0.15, 0.2) is 0 Å². The maximum atomic E-state index is 5.56. The van der Waals surface area contributed by atoms with Crippen LogP contribution in [-0.2, 0) is 0 Å². The fourth-order valence-electron chi connectivity index (χ4n) is 1.10. The molecule has 2 heterocycles. The van der Waals surface area contributed by atoms with Gasteiger partial charge in [0, 0.05) is 16.4 Å². The van der Waals surface area contributed by atoms with Crippen molar-refractivity contribution in [3.8, 4) is 11.5 Å². The number of halogens is 1. The van der Waals surface area contributed by atoms with Gasteiger partial charge in [-0.3, -0.25) is 9.97 Å². The molecule has 0 aliphatic carbocycles. The molecule has 2 aromatic rings. The highest BCUT2D eigenvalue weighted by Gasteiger charge is 1.98. The van der Waals surface area contributed by atoms with Crippen LogP contribution in [0.3, 0.4) is 0 Å². The first-order valence-electron chi connectivity index (χ1n) is 4.45. The van der Waals surface area contributed by atoms with Gasteiger partial charge in [-0.05, 0) is 41.1 Å². The smallest absolute Gasteiger partial charge is 0.146 e. The maximum absolute atomic E-state index is 5.56. The van der Waals surface area contributed by atoms with Crippen molar-refractivity contribution in [3.63, 3.8) is 0 Å². The van der Waals surface area contributed by atoms with Crippen molar-refractivity contribution in [1.82, 2.24) is 9.97 Å². The van der Waals surface area contributed by atoms with E-state index >= 15 is 0 Å². The molecule has 0 aromatic carbocycles. The summed E-state index contributed by atoms with van der Waals surface area (Å²) in [5.74, 6) is 1.40. The Balaban J connectivity index is 2.18. The number of aromatic nitrogens is 2. The van der Waals surface area contributed by atoms with Crippen molar-refractivity contribution >= 4 is 15.9 Å². The van der Waals surface area contributed by atoms with Crippen molar-refractivity contribution in [3.05, 3.63) is 47.0 Å². The number of nitrogens with zero attached hydrogens (tertiary/aromatic N) is 2. The van der Waals surface area contributed by atoms with Gasteiger partial charge < -0.3 is 4.74 Å². The molecule has 0 saturated carbocycles. The first-order valence-corrected chi connectivity index (χ1v) is 5.24. The molecule has 0 unspecified atom stereocenters. The first kappa shape index (κ1) is 10.1. The summed E-state index contributed by atoms with van der Waals surface area (Å²) in [6.45, 7) is 1.93. The van der Waals surface area contributed by atoms with E-state index in [4.69, 9.17) is 4.74 Å². The molecule has 4 heteroatoms. The van der Waals surface area contributed by atoms with Gasteiger partial charge in [0.25, 0.3) is 0 Å². The average Bonchev–Trinajstić information content (AvgIpc) is 2.22. The molecule has 76 valence electrons. The molecule has 2 aromatic heterocycles. The quantitative estimate of drug-likeness (QED) is 0.835. The zero-order valence-corrected chi connectivity index (χ0v) is 9.73. The van der Waals surface area contributed by atoms with E-state index in [0.29, 0.717) is 11.5 Å². The minimum Gasteiger partial charge on any atom is -0.454 e. The normalized spacial score (nSPS) is 10.0. The molecule has 0 spiro atoms. The third-order valence-electron chi connectivity index (χ3n) is 1.80. The first-order chi connectivity index (χ1) is 7.24. The van der Waals surface area contributed by atoms with Crippen molar-refractivity contribution in [2.24, 2.45) is 0 Å². The van der Waals surface area contributed by atoms with E-state index in [2.05, 4.69) is 25.9 Å². The molecule has 0 fully saturated rings. The topological polar surface area (TPSA) is 35.0 Å². The van der Waals surface area contributed by atoms with Gasteiger partial charge in [-0.15, -0.1) is 0 Å². The summed E-state index contributed by atoms with van der Waals surface area (Å²) < 4.78 is 6.45. The van der Waals surface area contributed by atoms with Gasteiger partial charge >= 0.3 is 0 Å². The molecule has 0 saturated heterocycles. The Hall–Kier alpha value is -1.42. The molecule has 3 nitrogen and oxygen atoms in total. The highest BCUT2D eigenvalue weighted by molar-refractivity contribution is 9.10. The highest BCUT2D eigenvalue weighted by Crippen LogP contribution is 2.22. The molecule has 0 N–H and O–H groups in total. The van der Waals surface area contributed by atoms with Crippen LogP contribution in [0.15, 0.2) is 41.3 Å². The van der Waals surface area contributed by atoms with Gasteiger partial charge in [-0.1, -0.05) is 0 Å². The van der Waals surface area contributed by atoms with Crippen LogP contribution in [0.5, 0.6) is 11.5 Å². The molecule has 0 aliphatic heterocycles. The largest absolute Gasteiger partial charge is 0.454 e. The summed E-state index contributed by atoms with van der Waals surface area (Å²) in [5, 5.41) is 0. The van der Waals surface area contributed by atoms with Gasteiger partial charge in [0.05, 0.1) is 12.4 Å². The molecule has 0 aliphatic rings. The van der Waals surface area contributed by atoms with Crippen LogP contribution < -0.4 is 4.74 Å². The van der Waals surface area contributed by atoms with E-state index in [1.807, 2.05) is 25.1 Å². The van der Waals surface area contributed by atoms with E-state index in [9.17, 15) is 0 Å². The lowest BCUT2D eigenvalue weighted by Gasteiger charge is -2.04. The zero-order valence-electron chi connectivity index (χ0n) is 8.14. The number of ether oxygens (including phenoxy) is 1. The average molecular weight is 265 g/mol. The van der Waals surface area contributed by atoms with Crippen LogP contribution in [0.2, 0.25) is 0 Å². The Bertz CT molecular complexity index is 456. The van der Waals surface area contributed by atoms with E-state index in [-0.39, 0.29) is 0 Å². The van der Waals surface area contributed by atoms with Gasteiger partial charge in [-0.25, -0.2) is 0 Å². The van der Waals surface area contributed by atoms with Gasteiger partial charge in [0.1, 0.15) is 11.5 Å². The van der Waals surface area contributed by atoms with Crippen LogP contribution in [0.1, 0.15) is 5.69 Å². The number of pyridine rings is 2. The molecular weight excluding hydrogens is 256 g/mol. The van der Waals surface area contributed by atoms with E-state index < -0.39 is 0 Å². The number of rotatable bonds is 2. The summed E-state index contributed by atoms with van der Waals surface area (Å²) in [6, 6.07) is 5.64. The van der Waals surface area contributed by atoms with Crippen molar-refractivity contribution < 1.29 is 4.74 Å². The lowest BCUT2D eigenvalue weighted by atomic mass is 10.4. The van der Waals surface area contributed by atoms with Gasteiger partial charge in [0.2, 0.25) is 0 Å².